The maximum Gasteiger partial charge on any atom is 0.247 e. The Labute approximate surface area is 122 Å². The van der Waals surface area contributed by atoms with Gasteiger partial charge >= 0.3 is 0 Å². The molecule has 0 aliphatic heterocycles. The molecular formula is C14H17ClFN3O. The zero-order valence-corrected chi connectivity index (χ0v) is 12.1. The van der Waals surface area contributed by atoms with Crippen LogP contribution in [0.15, 0.2) is 22.6 Å². The first-order valence-corrected chi connectivity index (χ1v) is 7.07. The van der Waals surface area contributed by atoms with Gasteiger partial charge in [0, 0.05) is 12.0 Å². The van der Waals surface area contributed by atoms with Gasteiger partial charge in [0.05, 0.1) is 5.02 Å². The lowest BCUT2D eigenvalue weighted by Gasteiger charge is -2.00. The van der Waals surface area contributed by atoms with Gasteiger partial charge in [0.2, 0.25) is 11.8 Å². The Morgan fingerprint density at radius 3 is 2.90 bits per heavy atom. The molecule has 0 amide bonds. The molecule has 4 nitrogen and oxygen atoms in total. The highest BCUT2D eigenvalue weighted by molar-refractivity contribution is 6.30. The van der Waals surface area contributed by atoms with Crippen LogP contribution in [0.4, 0.5) is 4.39 Å². The second-order valence-corrected chi connectivity index (χ2v) is 4.89. The molecule has 1 aromatic heterocycles. The van der Waals surface area contributed by atoms with Crippen LogP contribution in [0.1, 0.15) is 25.7 Å². The summed E-state index contributed by atoms with van der Waals surface area (Å²) in [6.45, 7) is 4.06. The Kier molecular flexibility index (Phi) is 5.49. The number of halogens is 2. The molecule has 0 saturated carbocycles. The SMILES string of the molecule is CCCNCCCc1nnc(-c2ccc(Cl)c(F)c2)o1. The second-order valence-electron chi connectivity index (χ2n) is 4.48. The number of nitrogens with zero attached hydrogens (tertiary/aromatic N) is 2. The van der Waals surface area contributed by atoms with Crippen molar-refractivity contribution in [3.8, 4) is 11.5 Å². The van der Waals surface area contributed by atoms with Crippen LogP contribution in [-0.2, 0) is 6.42 Å². The largest absolute Gasteiger partial charge is 0.421 e. The maximum absolute atomic E-state index is 13.4. The average Bonchev–Trinajstić information content (AvgIpc) is 2.90. The van der Waals surface area contributed by atoms with E-state index in [-0.39, 0.29) is 5.02 Å². The highest BCUT2D eigenvalue weighted by Gasteiger charge is 2.10. The summed E-state index contributed by atoms with van der Waals surface area (Å²) in [5, 5.41) is 11.3. The molecular weight excluding hydrogens is 281 g/mol. The summed E-state index contributed by atoms with van der Waals surface area (Å²) >= 11 is 5.63. The lowest BCUT2D eigenvalue weighted by Crippen LogP contribution is -2.16. The van der Waals surface area contributed by atoms with E-state index < -0.39 is 5.82 Å². The van der Waals surface area contributed by atoms with Gasteiger partial charge in [-0.25, -0.2) is 4.39 Å². The molecule has 0 radical (unpaired) electrons. The predicted octanol–water partition coefficient (Wildman–Crippen LogP) is 3.46. The molecule has 0 unspecified atom stereocenters. The van der Waals surface area contributed by atoms with E-state index in [1.807, 2.05) is 0 Å². The van der Waals surface area contributed by atoms with E-state index in [0.29, 0.717) is 23.8 Å². The van der Waals surface area contributed by atoms with Gasteiger partial charge in [-0.15, -0.1) is 10.2 Å². The van der Waals surface area contributed by atoms with Crippen molar-refractivity contribution >= 4 is 11.6 Å². The summed E-state index contributed by atoms with van der Waals surface area (Å²) in [6.07, 6.45) is 2.75. The normalized spacial score (nSPS) is 10.9. The second kappa shape index (κ2) is 7.36. The molecule has 2 aromatic rings. The third kappa shape index (κ3) is 4.02. The highest BCUT2D eigenvalue weighted by Crippen LogP contribution is 2.23. The molecule has 2 rings (SSSR count). The summed E-state index contributed by atoms with van der Waals surface area (Å²) in [7, 11) is 0. The van der Waals surface area contributed by atoms with Crippen molar-refractivity contribution in [2.75, 3.05) is 13.1 Å². The van der Waals surface area contributed by atoms with Crippen LogP contribution < -0.4 is 5.32 Å². The third-order valence-corrected chi connectivity index (χ3v) is 3.11. The van der Waals surface area contributed by atoms with Crippen molar-refractivity contribution in [3.63, 3.8) is 0 Å². The molecule has 0 bridgehead atoms. The Morgan fingerprint density at radius 2 is 2.15 bits per heavy atom. The Morgan fingerprint density at radius 1 is 1.30 bits per heavy atom. The quantitative estimate of drug-likeness (QED) is 0.795. The van der Waals surface area contributed by atoms with E-state index in [1.165, 1.54) is 12.1 Å². The molecule has 0 spiro atoms. The van der Waals surface area contributed by atoms with Crippen molar-refractivity contribution in [3.05, 3.63) is 34.9 Å². The van der Waals surface area contributed by atoms with E-state index in [0.717, 1.165) is 25.9 Å². The zero-order valence-electron chi connectivity index (χ0n) is 11.3. The molecule has 1 N–H and O–H groups in total. The van der Waals surface area contributed by atoms with Gasteiger partial charge in [0.15, 0.2) is 0 Å². The van der Waals surface area contributed by atoms with E-state index in [2.05, 4.69) is 22.4 Å². The fourth-order valence-electron chi connectivity index (χ4n) is 1.77. The molecule has 0 fully saturated rings. The fourth-order valence-corrected chi connectivity index (χ4v) is 1.88. The first kappa shape index (κ1) is 14.9. The van der Waals surface area contributed by atoms with Gasteiger partial charge in [0.1, 0.15) is 5.82 Å². The predicted molar refractivity (Wildman–Crippen MR) is 76.2 cm³/mol. The molecule has 0 saturated heterocycles. The standard InChI is InChI=1S/C14H17ClFN3O/c1-2-7-17-8-3-4-13-18-19-14(20-13)10-5-6-11(15)12(16)9-10/h5-6,9,17H,2-4,7-8H2,1H3. The third-order valence-electron chi connectivity index (χ3n) is 2.80. The minimum Gasteiger partial charge on any atom is -0.421 e. The zero-order chi connectivity index (χ0) is 14.4. The first-order chi connectivity index (χ1) is 9.70. The van der Waals surface area contributed by atoms with Crippen LogP contribution in [0.5, 0.6) is 0 Å². The number of hydrogen-bond acceptors (Lipinski definition) is 4. The summed E-state index contributed by atoms with van der Waals surface area (Å²) in [6, 6.07) is 4.43. The molecule has 20 heavy (non-hydrogen) atoms. The number of aromatic nitrogens is 2. The average molecular weight is 298 g/mol. The van der Waals surface area contributed by atoms with Crippen LogP contribution in [0.25, 0.3) is 11.5 Å². The van der Waals surface area contributed by atoms with Crippen molar-refractivity contribution < 1.29 is 8.81 Å². The monoisotopic (exact) mass is 297 g/mol. The van der Waals surface area contributed by atoms with E-state index >= 15 is 0 Å². The number of aryl methyl sites for hydroxylation is 1. The van der Waals surface area contributed by atoms with Gasteiger partial charge in [0.25, 0.3) is 0 Å². The van der Waals surface area contributed by atoms with E-state index in [1.54, 1.807) is 6.07 Å². The van der Waals surface area contributed by atoms with Crippen LogP contribution in [0.3, 0.4) is 0 Å². The molecule has 0 atom stereocenters. The molecule has 6 heteroatoms. The van der Waals surface area contributed by atoms with Gasteiger partial charge in [-0.05, 0) is 44.1 Å². The minimum atomic E-state index is -0.493. The molecule has 0 aliphatic rings. The fraction of sp³-hybridized carbons (Fsp3) is 0.429. The number of hydrogen-bond donors (Lipinski definition) is 1. The van der Waals surface area contributed by atoms with Crippen molar-refractivity contribution in [1.29, 1.82) is 0 Å². The van der Waals surface area contributed by atoms with E-state index in [9.17, 15) is 4.39 Å². The Bertz CT molecular complexity index is 559. The summed E-state index contributed by atoms with van der Waals surface area (Å²) in [5.41, 5.74) is 0.537. The van der Waals surface area contributed by atoms with Crippen LogP contribution in [0.2, 0.25) is 5.02 Å². The van der Waals surface area contributed by atoms with E-state index in [4.69, 9.17) is 16.0 Å². The summed E-state index contributed by atoms with van der Waals surface area (Å²) in [5.74, 6) is 0.387. The van der Waals surface area contributed by atoms with Crippen molar-refractivity contribution in [1.82, 2.24) is 15.5 Å². The van der Waals surface area contributed by atoms with Gasteiger partial charge < -0.3 is 9.73 Å². The Hall–Kier alpha value is -1.46. The molecule has 108 valence electrons. The summed E-state index contributed by atoms with van der Waals surface area (Å²) < 4.78 is 18.9. The lowest BCUT2D eigenvalue weighted by atomic mass is 10.2. The minimum absolute atomic E-state index is 0.0792. The molecule has 1 heterocycles. The van der Waals surface area contributed by atoms with Gasteiger partial charge in [-0.2, -0.15) is 0 Å². The number of benzene rings is 1. The number of nitrogens with one attached hydrogen (secondary N) is 1. The maximum atomic E-state index is 13.4. The van der Waals surface area contributed by atoms with Crippen molar-refractivity contribution in [2.24, 2.45) is 0 Å². The van der Waals surface area contributed by atoms with Crippen molar-refractivity contribution in [2.45, 2.75) is 26.2 Å². The van der Waals surface area contributed by atoms with Gasteiger partial charge in [-0.1, -0.05) is 18.5 Å². The summed E-state index contributed by atoms with van der Waals surface area (Å²) in [4.78, 5) is 0. The number of rotatable bonds is 7. The van der Waals surface area contributed by atoms with Crippen LogP contribution in [-0.4, -0.2) is 23.3 Å². The smallest absolute Gasteiger partial charge is 0.247 e. The molecule has 0 aliphatic carbocycles. The van der Waals surface area contributed by atoms with Crippen LogP contribution >= 0.6 is 11.6 Å². The lowest BCUT2D eigenvalue weighted by molar-refractivity contribution is 0.491. The van der Waals surface area contributed by atoms with Crippen LogP contribution in [0, 0.1) is 5.82 Å². The van der Waals surface area contributed by atoms with Gasteiger partial charge in [-0.3, -0.25) is 0 Å². The highest BCUT2D eigenvalue weighted by atomic mass is 35.5. The first-order valence-electron chi connectivity index (χ1n) is 6.69. The topological polar surface area (TPSA) is 51.0 Å². The Balaban J connectivity index is 1.93. The molecule has 1 aromatic carbocycles.